The molecule has 1 aliphatic rings. The van der Waals surface area contributed by atoms with Crippen LogP contribution in [0.5, 0.6) is 0 Å². The minimum absolute atomic E-state index is 0.187. The molecule has 4 heterocycles. The summed E-state index contributed by atoms with van der Waals surface area (Å²) >= 11 is 1.36. The van der Waals surface area contributed by atoms with E-state index in [2.05, 4.69) is 35.1 Å². The third kappa shape index (κ3) is 5.45. The summed E-state index contributed by atoms with van der Waals surface area (Å²) in [6.45, 7) is 8.23. The van der Waals surface area contributed by atoms with Crippen molar-refractivity contribution in [3.05, 3.63) is 57.6 Å². The number of aryl methyl sites for hydroxylation is 2. The molecule has 9 nitrogen and oxygen atoms in total. The molecule has 0 aromatic carbocycles. The molecular formula is C22H27N7O2S. The van der Waals surface area contributed by atoms with Crippen LogP contribution in [0.4, 0.5) is 11.6 Å². The highest BCUT2D eigenvalue weighted by Crippen LogP contribution is 2.21. The molecule has 1 amide bonds. The van der Waals surface area contributed by atoms with Gasteiger partial charge in [-0.05, 0) is 25.5 Å². The Bertz CT molecular complexity index is 1080. The van der Waals surface area contributed by atoms with E-state index in [4.69, 9.17) is 5.11 Å². The number of thiazole rings is 1. The third-order valence-electron chi connectivity index (χ3n) is 5.34. The molecule has 32 heavy (non-hydrogen) atoms. The van der Waals surface area contributed by atoms with Crippen LogP contribution < -0.4 is 10.2 Å². The van der Waals surface area contributed by atoms with Crippen molar-refractivity contribution in [2.45, 2.75) is 20.3 Å². The van der Waals surface area contributed by atoms with E-state index in [1.165, 1.54) is 11.3 Å². The lowest BCUT2D eigenvalue weighted by Gasteiger charge is -2.35. The minimum Gasteiger partial charge on any atom is -0.395 e. The SMILES string of the molecule is Cc1nc(Cc2ncc(C(=O)Nc3ncccc3C)s2)cc(N2CCN(CCO)CC2)n1. The summed E-state index contributed by atoms with van der Waals surface area (Å²) in [7, 11) is 0. The Morgan fingerprint density at radius 1 is 1.19 bits per heavy atom. The fourth-order valence-corrected chi connectivity index (χ4v) is 4.47. The van der Waals surface area contributed by atoms with Gasteiger partial charge in [0.05, 0.1) is 23.5 Å². The number of aromatic nitrogens is 4. The average Bonchev–Trinajstić information content (AvgIpc) is 3.24. The first-order valence-corrected chi connectivity index (χ1v) is 11.4. The van der Waals surface area contributed by atoms with Crippen molar-refractivity contribution >= 4 is 28.9 Å². The Labute approximate surface area is 191 Å². The highest BCUT2D eigenvalue weighted by molar-refractivity contribution is 7.13. The fraction of sp³-hybridized carbons (Fsp3) is 0.409. The van der Waals surface area contributed by atoms with Crippen LogP contribution in [0.25, 0.3) is 0 Å². The van der Waals surface area contributed by atoms with Crippen molar-refractivity contribution in [1.29, 1.82) is 0 Å². The van der Waals surface area contributed by atoms with Crippen molar-refractivity contribution < 1.29 is 9.90 Å². The molecule has 0 radical (unpaired) electrons. The molecular weight excluding hydrogens is 426 g/mol. The lowest BCUT2D eigenvalue weighted by molar-refractivity contribution is 0.103. The minimum atomic E-state index is -0.212. The summed E-state index contributed by atoms with van der Waals surface area (Å²) in [6, 6.07) is 5.75. The van der Waals surface area contributed by atoms with Crippen LogP contribution in [-0.2, 0) is 6.42 Å². The zero-order valence-corrected chi connectivity index (χ0v) is 19.1. The maximum atomic E-state index is 12.6. The second kappa shape index (κ2) is 10.1. The number of aliphatic hydroxyl groups excluding tert-OH is 1. The van der Waals surface area contributed by atoms with E-state index in [1.54, 1.807) is 12.4 Å². The van der Waals surface area contributed by atoms with Crippen molar-refractivity contribution in [2.24, 2.45) is 0 Å². The molecule has 4 rings (SSSR count). The van der Waals surface area contributed by atoms with Crippen molar-refractivity contribution in [3.63, 3.8) is 0 Å². The second-order valence-electron chi connectivity index (χ2n) is 7.74. The molecule has 0 saturated carbocycles. The molecule has 1 aliphatic heterocycles. The van der Waals surface area contributed by atoms with E-state index in [-0.39, 0.29) is 12.5 Å². The maximum absolute atomic E-state index is 12.6. The van der Waals surface area contributed by atoms with Gasteiger partial charge in [-0.1, -0.05) is 6.07 Å². The van der Waals surface area contributed by atoms with Gasteiger partial charge in [-0.15, -0.1) is 11.3 Å². The molecule has 0 spiro atoms. The molecule has 1 saturated heterocycles. The van der Waals surface area contributed by atoms with Crippen LogP contribution in [0, 0.1) is 13.8 Å². The lowest BCUT2D eigenvalue weighted by atomic mass is 10.2. The van der Waals surface area contributed by atoms with Crippen LogP contribution in [-0.4, -0.2) is 75.2 Å². The summed E-state index contributed by atoms with van der Waals surface area (Å²) in [5, 5.41) is 12.8. The summed E-state index contributed by atoms with van der Waals surface area (Å²) < 4.78 is 0. The number of amides is 1. The predicted octanol–water partition coefficient (Wildman–Crippen LogP) is 1.90. The number of rotatable bonds is 7. The zero-order valence-electron chi connectivity index (χ0n) is 18.3. The van der Waals surface area contributed by atoms with Crippen molar-refractivity contribution in [3.8, 4) is 0 Å². The van der Waals surface area contributed by atoms with Gasteiger partial charge in [-0.2, -0.15) is 0 Å². The van der Waals surface area contributed by atoms with Gasteiger partial charge in [0.1, 0.15) is 22.3 Å². The molecule has 0 atom stereocenters. The van der Waals surface area contributed by atoms with Gasteiger partial charge in [0.15, 0.2) is 0 Å². The van der Waals surface area contributed by atoms with E-state index in [0.29, 0.717) is 23.7 Å². The number of pyridine rings is 1. The highest BCUT2D eigenvalue weighted by atomic mass is 32.1. The number of anilines is 2. The van der Waals surface area contributed by atoms with Crippen molar-refractivity contribution in [2.75, 3.05) is 49.5 Å². The fourth-order valence-electron chi connectivity index (χ4n) is 3.64. The summed E-state index contributed by atoms with van der Waals surface area (Å²) in [5.41, 5.74) is 1.79. The van der Waals surface area contributed by atoms with Gasteiger partial charge in [0, 0.05) is 51.4 Å². The molecule has 2 N–H and O–H groups in total. The summed E-state index contributed by atoms with van der Waals surface area (Å²) in [4.78, 5) is 35.5. The predicted molar refractivity (Wildman–Crippen MR) is 124 cm³/mol. The molecule has 10 heteroatoms. The summed E-state index contributed by atoms with van der Waals surface area (Å²) in [6.07, 6.45) is 3.80. The third-order valence-corrected chi connectivity index (χ3v) is 6.34. The van der Waals surface area contributed by atoms with E-state index in [0.717, 1.165) is 54.1 Å². The van der Waals surface area contributed by atoms with Crippen molar-refractivity contribution in [1.82, 2.24) is 24.8 Å². The first-order valence-electron chi connectivity index (χ1n) is 10.6. The van der Waals surface area contributed by atoms with E-state index in [1.807, 2.05) is 32.0 Å². The number of piperazine rings is 1. The van der Waals surface area contributed by atoms with Crippen LogP contribution in [0.3, 0.4) is 0 Å². The van der Waals surface area contributed by atoms with E-state index < -0.39 is 0 Å². The first kappa shape index (κ1) is 22.3. The molecule has 3 aromatic rings. The van der Waals surface area contributed by atoms with Crippen LogP contribution >= 0.6 is 11.3 Å². The molecule has 0 bridgehead atoms. The number of nitrogens with zero attached hydrogens (tertiary/aromatic N) is 6. The van der Waals surface area contributed by atoms with Gasteiger partial charge in [0.2, 0.25) is 0 Å². The van der Waals surface area contributed by atoms with Crippen LogP contribution in [0.15, 0.2) is 30.6 Å². The van der Waals surface area contributed by atoms with E-state index in [9.17, 15) is 4.79 Å². The topological polar surface area (TPSA) is 107 Å². The van der Waals surface area contributed by atoms with Gasteiger partial charge >= 0.3 is 0 Å². The number of hydrogen-bond donors (Lipinski definition) is 2. The largest absolute Gasteiger partial charge is 0.395 e. The normalized spacial score (nSPS) is 14.5. The van der Waals surface area contributed by atoms with Crippen LogP contribution in [0.2, 0.25) is 0 Å². The first-order chi connectivity index (χ1) is 15.5. The number of aliphatic hydroxyl groups is 1. The van der Waals surface area contributed by atoms with Gasteiger partial charge in [-0.3, -0.25) is 9.69 Å². The standard InChI is InChI=1S/C22H27N7O2S/c1-15-4-3-5-23-21(15)27-22(31)18-14-24-20(32-18)13-17-12-19(26-16(2)25-17)29-8-6-28(7-9-29)10-11-30/h3-5,12,14,30H,6-11,13H2,1-2H3,(H,23,27,31). The highest BCUT2D eigenvalue weighted by Gasteiger charge is 2.19. The molecule has 1 fully saturated rings. The summed E-state index contributed by atoms with van der Waals surface area (Å²) in [5.74, 6) is 1.98. The number of β-amino-alcohol motifs (C(OH)–C–C–N with tert-alkyl or cyclic N) is 1. The molecule has 168 valence electrons. The number of carbonyl (C=O) groups excluding carboxylic acids is 1. The maximum Gasteiger partial charge on any atom is 0.268 e. The number of hydrogen-bond acceptors (Lipinski definition) is 9. The Morgan fingerprint density at radius 3 is 2.75 bits per heavy atom. The molecule has 0 unspecified atom stereocenters. The quantitative estimate of drug-likeness (QED) is 0.559. The Kier molecular flexibility index (Phi) is 7.03. The Balaban J connectivity index is 1.42. The molecule has 0 aliphatic carbocycles. The van der Waals surface area contributed by atoms with E-state index >= 15 is 0 Å². The smallest absolute Gasteiger partial charge is 0.268 e. The second-order valence-corrected chi connectivity index (χ2v) is 8.85. The van der Waals surface area contributed by atoms with Gasteiger partial charge in [0.25, 0.3) is 5.91 Å². The lowest BCUT2D eigenvalue weighted by Crippen LogP contribution is -2.47. The van der Waals surface area contributed by atoms with Gasteiger partial charge in [-0.25, -0.2) is 19.9 Å². The molecule has 3 aromatic heterocycles. The van der Waals surface area contributed by atoms with Gasteiger partial charge < -0.3 is 15.3 Å². The Morgan fingerprint density at radius 2 is 2.00 bits per heavy atom. The Hall–Kier alpha value is -2.95. The number of nitrogens with one attached hydrogen (secondary N) is 1. The average molecular weight is 454 g/mol. The monoisotopic (exact) mass is 453 g/mol. The van der Waals surface area contributed by atoms with Crippen LogP contribution in [0.1, 0.15) is 31.8 Å². The number of carbonyl (C=O) groups is 1. The zero-order chi connectivity index (χ0) is 22.5.